The van der Waals surface area contributed by atoms with E-state index in [2.05, 4.69) is 27.4 Å². The standard InChI is InChI=1S/C15H16FN3/c1-3-17-15-13(16)9(2)18-14(19-15)12-8-10-6-4-5-7-11(10)12/h4-7,12H,3,8H2,1-2H3,(H,17,18,19). The molecule has 2 aromatic rings. The van der Waals surface area contributed by atoms with E-state index in [1.54, 1.807) is 6.92 Å². The van der Waals surface area contributed by atoms with E-state index in [0.29, 0.717) is 23.9 Å². The molecule has 1 aliphatic rings. The van der Waals surface area contributed by atoms with Gasteiger partial charge in [0.15, 0.2) is 11.6 Å². The summed E-state index contributed by atoms with van der Waals surface area (Å²) < 4.78 is 13.9. The van der Waals surface area contributed by atoms with Gasteiger partial charge < -0.3 is 5.32 Å². The third-order valence-electron chi connectivity index (χ3n) is 3.54. The van der Waals surface area contributed by atoms with Crippen molar-refractivity contribution < 1.29 is 4.39 Å². The Morgan fingerprint density at radius 1 is 1.32 bits per heavy atom. The Labute approximate surface area is 111 Å². The monoisotopic (exact) mass is 257 g/mol. The molecular formula is C15H16FN3. The molecule has 1 unspecified atom stereocenters. The molecule has 0 saturated carbocycles. The first-order valence-corrected chi connectivity index (χ1v) is 6.56. The first kappa shape index (κ1) is 12.1. The van der Waals surface area contributed by atoms with Crippen molar-refractivity contribution in [2.24, 2.45) is 0 Å². The average molecular weight is 257 g/mol. The maximum absolute atomic E-state index is 13.9. The van der Waals surface area contributed by atoms with Gasteiger partial charge in [0.25, 0.3) is 0 Å². The molecule has 1 N–H and O–H groups in total. The summed E-state index contributed by atoms with van der Waals surface area (Å²) in [5, 5.41) is 2.96. The van der Waals surface area contributed by atoms with Gasteiger partial charge in [-0.05, 0) is 31.4 Å². The predicted molar refractivity (Wildman–Crippen MR) is 72.9 cm³/mol. The maximum Gasteiger partial charge on any atom is 0.186 e. The van der Waals surface area contributed by atoms with Crippen LogP contribution in [0.1, 0.15) is 35.5 Å². The summed E-state index contributed by atoms with van der Waals surface area (Å²) in [5.74, 6) is 0.883. The summed E-state index contributed by atoms with van der Waals surface area (Å²) in [4.78, 5) is 8.66. The van der Waals surface area contributed by atoms with E-state index in [1.807, 2.05) is 19.1 Å². The van der Waals surface area contributed by atoms with Gasteiger partial charge in [0, 0.05) is 12.5 Å². The summed E-state index contributed by atoms with van der Waals surface area (Å²) in [7, 11) is 0. The molecule has 98 valence electrons. The van der Waals surface area contributed by atoms with Crippen LogP contribution in [-0.4, -0.2) is 16.5 Å². The van der Waals surface area contributed by atoms with Crippen molar-refractivity contribution in [2.45, 2.75) is 26.2 Å². The molecule has 0 spiro atoms. The number of anilines is 1. The molecule has 1 aliphatic carbocycles. The SMILES string of the molecule is CCNc1nc(C2Cc3ccccc32)nc(C)c1F. The van der Waals surface area contributed by atoms with Crippen molar-refractivity contribution >= 4 is 5.82 Å². The summed E-state index contributed by atoms with van der Waals surface area (Å²) in [6, 6.07) is 8.27. The molecule has 3 rings (SSSR count). The fraction of sp³-hybridized carbons (Fsp3) is 0.333. The molecule has 4 heteroatoms. The van der Waals surface area contributed by atoms with Crippen LogP contribution in [-0.2, 0) is 6.42 Å². The highest BCUT2D eigenvalue weighted by atomic mass is 19.1. The van der Waals surface area contributed by atoms with Crippen LogP contribution < -0.4 is 5.32 Å². The lowest BCUT2D eigenvalue weighted by Crippen LogP contribution is -2.22. The lowest BCUT2D eigenvalue weighted by molar-refractivity contribution is 0.585. The van der Waals surface area contributed by atoms with E-state index >= 15 is 0 Å². The van der Waals surface area contributed by atoms with E-state index in [-0.39, 0.29) is 11.7 Å². The van der Waals surface area contributed by atoms with Crippen LogP contribution in [0.15, 0.2) is 24.3 Å². The van der Waals surface area contributed by atoms with Gasteiger partial charge in [-0.1, -0.05) is 24.3 Å². The van der Waals surface area contributed by atoms with E-state index in [1.165, 1.54) is 11.1 Å². The Hall–Kier alpha value is -1.97. The number of fused-ring (bicyclic) bond motifs is 1. The van der Waals surface area contributed by atoms with E-state index in [9.17, 15) is 4.39 Å². The predicted octanol–water partition coefficient (Wildman–Crippen LogP) is 3.04. The van der Waals surface area contributed by atoms with Crippen molar-refractivity contribution in [1.82, 2.24) is 9.97 Å². The highest BCUT2D eigenvalue weighted by Gasteiger charge is 2.30. The second kappa shape index (κ2) is 4.61. The summed E-state index contributed by atoms with van der Waals surface area (Å²) in [6.07, 6.45) is 0.937. The van der Waals surface area contributed by atoms with Crippen molar-refractivity contribution in [3.05, 3.63) is 52.7 Å². The Bertz CT molecular complexity index is 625. The molecule has 0 fully saturated rings. The number of halogens is 1. The summed E-state index contributed by atoms with van der Waals surface area (Å²) >= 11 is 0. The number of nitrogens with zero attached hydrogens (tertiary/aromatic N) is 2. The van der Waals surface area contributed by atoms with Gasteiger partial charge in [0.2, 0.25) is 0 Å². The number of benzene rings is 1. The van der Waals surface area contributed by atoms with Crippen molar-refractivity contribution in [2.75, 3.05) is 11.9 Å². The quantitative estimate of drug-likeness (QED) is 0.918. The Kier molecular flexibility index (Phi) is 2.93. The molecule has 1 atom stereocenters. The number of nitrogens with one attached hydrogen (secondary N) is 1. The third-order valence-corrected chi connectivity index (χ3v) is 3.54. The van der Waals surface area contributed by atoms with Crippen LogP contribution in [0, 0.1) is 12.7 Å². The molecular weight excluding hydrogens is 241 g/mol. The van der Waals surface area contributed by atoms with Gasteiger partial charge in [-0.15, -0.1) is 0 Å². The van der Waals surface area contributed by atoms with Crippen LogP contribution in [0.3, 0.4) is 0 Å². The fourth-order valence-electron chi connectivity index (χ4n) is 2.51. The minimum Gasteiger partial charge on any atom is -0.368 e. The van der Waals surface area contributed by atoms with Gasteiger partial charge >= 0.3 is 0 Å². The molecule has 1 aromatic heterocycles. The smallest absolute Gasteiger partial charge is 0.186 e. The molecule has 19 heavy (non-hydrogen) atoms. The van der Waals surface area contributed by atoms with Crippen LogP contribution in [0.2, 0.25) is 0 Å². The summed E-state index contributed by atoms with van der Waals surface area (Å²) in [6.45, 7) is 4.26. The average Bonchev–Trinajstić information content (AvgIpc) is 2.37. The lowest BCUT2D eigenvalue weighted by Gasteiger charge is -2.29. The van der Waals surface area contributed by atoms with Crippen molar-refractivity contribution in [1.29, 1.82) is 0 Å². The fourth-order valence-corrected chi connectivity index (χ4v) is 2.51. The zero-order valence-corrected chi connectivity index (χ0v) is 11.1. The number of rotatable bonds is 3. The third kappa shape index (κ3) is 1.97. The number of hydrogen-bond donors (Lipinski definition) is 1. The molecule has 1 heterocycles. The van der Waals surface area contributed by atoms with Crippen LogP contribution in [0.25, 0.3) is 0 Å². The molecule has 0 saturated heterocycles. The first-order valence-electron chi connectivity index (χ1n) is 6.56. The maximum atomic E-state index is 13.9. The normalized spacial score (nSPS) is 16.7. The van der Waals surface area contributed by atoms with Gasteiger partial charge in [0.1, 0.15) is 5.82 Å². The second-order valence-electron chi connectivity index (χ2n) is 4.82. The largest absolute Gasteiger partial charge is 0.368 e. The topological polar surface area (TPSA) is 37.8 Å². The highest BCUT2D eigenvalue weighted by molar-refractivity contribution is 5.46. The zero-order chi connectivity index (χ0) is 13.4. The number of hydrogen-bond acceptors (Lipinski definition) is 3. The zero-order valence-electron chi connectivity index (χ0n) is 11.1. The number of aryl methyl sites for hydroxylation is 1. The molecule has 1 aromatic carbocycles. The molecule has 3 nitrogen and oxygen atoms in total. The first-order chi connectivity index (χ1) is 9.20. The minimum absolute atomic E-state index is 0.202. The van der Waals surface area contributed by atoms with Crippen LogP contribution in [0.5, 0.6) is 0 Å². The Morgan fingerprint density at radius 3 is 2.84 bits per heavy atom. The van der Waals surface area contributed by atoms with Crippen LogP contribution in [0.4, 0.5) is 10.2 Å². The molecule has 0 radical (unpaired) electrons. The van der Waals surface area contributed by atoms with Gasteiger partial charge in [-0.25, -0.2) is 14.4 Å². The summed E-state index contributed by atoms with van der Waals surface area (Å²) in [5.41, 5.74) is 3.00. The Balaban J connectivity index is 1.99. The molecule has 0 aliphatic heterocycles. The second-order valence-corrected chi connectivity index (χ2v) is 4.82. The van der Waals surface area contributed by atoms with Crippen molar-refractivity contribution in [3.63, 3.8) is 0 Å². The van der Waals surface area contributed by atoms with Gasteiger partial charge in [-0.3, -0.25) is 0 Å². The van der Waals surface area contributed by atoms with E-state index in [4.69, 9.17) is 0 Å². The number of aromatic nitrogens is 2. The van der Waals surface area contributed by atoms with E-state index in [0.717, 1.165) is 6.42 Å². The Morgan fingerprint density at radius 2 is 2.11 bits per heavy atom. The lowest BCUT2D eigenvalue weighted by atomic mass is 9.77. The van der Waals surface area contributed by atoms with Gasteiger partial charge in [0.05, 0.1) is 5.69 Å². The molecule has 0 bridgehead atoms. The molecule has 0 amide bonds. The van der Waals surface area contributed by atoms with Gasteiger partial charge in [-0.2, -0.15) is 0 Å². The van der Waals surface area contributed by atoms with E-state index < -0.39 is 0 Å². The minimum atomic E-state index is -0.349. The highest BCUT2D eigenvalue weighted by Crippen LogP contribution is 2.38. The van der Waals surface area contributed by atoms with Crippen molar-refractivity contribution in [3.8, 4) is 0 Å². The van der Waals surface area contributed by atoms with Crippen LogP contribution >= 0.6 is 0 Å².